The summed E-state index contributed by atoms with van der Waals surface area (Å²) in [6.45, 7) is 2.31. The van der Waals surface area contributed by atoms with Crippen molar-refractivity contribution in [3.63, 3.8) is 0 Å². The van der Waals surface area contributed by atoms with E-state index in [1.54, 1.807) is 25.4 Å². The average molecular weight is 449 g/mol. The summed E-state index contributed by atoms with van der Waals surface area (Å²) >= 11 is 6.32. The van der Waals surface area contributed by atoms with Gasteiger partial charge in [-0.15, -0.1) is 0 Å². The molecule has 2 aromatic heterocycles. The van der Waals surface area contributed by atoms with Crippen molar-refractivity contribution in [1.82, 2.24) is 9.55 Å². The number of methoxy groups -OCH3 is 1. The highest BCUT2D eigenvalue weighted by atomic mass is 35.5. The molecule has 6 nitrogen and oxygen atoms in total. The second-order valence-corrected chi connectivity index (χ2v) is 7.65. The standard InChI is InChI=1S/C25H21ClN2O4/c1-16-3-9-23(28(16)20-11-18(25(29)30)13-27-14-20)22-12-19(26)6-10-24(22)32-15-17-4-7-21(31-2)8-5-17/h3-14H,15H2,1-2H3,(H,29,30). The van der Waals surface area contributed by atoms with Gasteiger partial charge in [-0.1, -0.05) is 23.7 Å². The minimum atomic E-state index is -1.03. The quantitative estimate of drug-likeness (QED) is 0.387. The Bertz CT molecular complexity index is 1270. The van der Waals surface area contributed by atoms with E-state index in [1.165, 1.54) is 6.20 Å². The minimum absolute atomic E-state index is 0.114. The van der Waals surface area contributed by atoms with Crippen molar-refractivity contribution in [3.05, 3.63) is 94.9 Å². The van der Waals surface area contributed by atoms with Crippen molar-refractivity contribution in [3.8, 4) is 28.4 Å². The Morgan fingerprint density at radius 2 is 1.84 bits per heavy atom. The number of rotatable bonds is 7. The number of aromatic nitrogens is 2. The van der Waals surface area contributed by atoms with E-state index in [1.807, 2.05) is 60.0 Å². The first-order valence-corrected chi connectivity index (χ1v) is 10.3. The third-order valence-electron chi connectivity index (χ3n) is 5.08. The first kappa shape index (κ1) is 21.5. The van der Waals surface area contributed by atoms with Gasteiger partial charge in [0.2, 0.25) is 0 Å². The third kappa shape index (κ3) is 4.45. The maximum absolute atomic E-state index is 11.4. The molecule has 2 heterocycles. The third-order valence-corrected chi connectivity index (χ3v) is 5.31. The van der Waals surface area contributed by atoms with Crippen LogP contribution in [0.5, 0.6) is 11.5 Å². The van der Waals surface area contributed by atoms with Crippen LogP contribution in [-0.2, 0) is 6.61 Å². The molecule has 7 heteroatoms. The molecule has 162 valence electrons. The molecule has 0 amide bonds. The average Bonchev–Trinajstić information content (AvgIpc) is 3.19. The Hall–Kier alpha value is -3.77. The van der Waals surface area contributed by atoms with E-state index in [4.69, 9.17) is 21.1 Å². The number of pyridine rings is 1. The summed E-state index contributed by atoms with van der Waals surface area (Å²) in [5.41, 5.74) is 4.29. The van der Waals surface area contributed by atoms with Crippen molar-refractivity contribution >= 4 is 17.6 Å². The van der Waals surface area contributed by atoms with Gasteiger partial charge >= 0.3 is 5.97 Å². The van der Waals surface area contributed by atoms with Gasteiger partial charge in [0, 0.05) is 22.5 Å². The van der Waals surface area contributed by atoms with Crippen molar-refractivity contribution in [2.75, 3.05) is 7.11 Å². The maximum atomic E-state index is 11.4. The number of aryl methyl sites for hydroxylation is 1. The van der Waals surface area contributed by atoms with Crippen molar-refractivity contribution in [2.24, 2.45) is 0 Å². The van der Waals surface area contributed by atoms with Crippen LogP contribution in [0.1, 0.15) is 21.6 Å². The molecule has 0 saturated carbocycles. The lowest BCUT2D eigenvalue weighted by Gasteiger charge is -2.16. The van der Waals surface area contributed by atoms with Gasteiger partial charge in [-0.2, -0.15) is 0 Å². The molecule has 0 aliphatic heterocycles. The van der Waals surface area contributed by atoms with Crippen molar-refractivity contribution in [1.29, 1.82) is 0 Å². The number of carbonyl (C=O) groups is 1. The predicted molar refractivity (Wildman–Crippen MR) is 123 cm³/mol. The van der Waals surface area contributed by atoms with Crippen LogP contribution in [0, 0.1) is 6.92 Å². The minimum Gasteiger partial charge on any atom is -0.497 e. The van der Waals surface area contributed by atoms with Gasteiger partial charge in [-0.25, -0.2) is 4.79 Å². The van der Waals surface area contributed by atoms with E-state index in [9.17, 15) is 9.90 Å². The van der Waals surface area contributed by atoms with Crippen molar-refractivity contribution < 1.29 is 19.4 Å². The van der Waals surface area contributed by atoms with Crippen LogP contribution in [0.15, 0.2) is 73.1 Å². The monoisotopic (exact) mass is 448 g/mol. The molecule has 0 bridgehead atoms. The fourth-order valence-electron chi connectivity index (χ4n) is 3.47. The second kappa shape index (κ2) is 9.16. The molecule has 4 aromatic rings. The topological polar surface area (TPSA) is 73.6 Å². The molecule has 0 radical (unpaired) electrons. The van der Waals surface area contributed by atoms with Crippen LogP contribution >= 0.6 is 11.6 Å². The number of benzene rings is 2. The smallest absolute Gasteiger partial charge is 0.337 e. The Balaban J connectivity index is 1.72. The molecule has 2 aromatic carbocycles. The molecule has 0 fully saturated rings. The summed E-state index contributed by atoms with van der Waals surface area (Å²) in [7, 11) is 1.63. The maximum Gasteiger partial charge on any atom is 0.337 e. The molecule has 0 aliphatic carbocycles. The summed E-state index contributed by atoms with van der Waals surface area (Å²) in [4.78, 5) is 15.5. The Morgan fingerprint density at radius 1 is 1.06 bits per heavy atom. The van der Waals surface area contributed by atoms with Crippen LogP contribution in [-0.4, -0.2) is 27.7 Å². The van der Waals surface area contributed by atoms with Crippen LogP contribution in [0.2, 0.25) is 5.02 Å². The van der Waals surface area contributed by atoms with E-state index >= 15 is 0 Å². The van der Waals surface area contributed by atoms with E-state index in [0.29, 0.717) is 23.1 Å². The van der Waals surface area contributed by atoms with E-state index in [2.05, 4.69) is 4.98 Å². The lowest BCUT2D eigenvalue weighted by Crippen LogP contribution is -2.04. The zero-order valence-electron chi connectivity index (χ0n) is 17.6. The number of aromatic carboxylic acids is 1. The number of ether oxygens (including phenoxy) is 2. The first-order valence-electron chi connectivity index (χ1n) is 9.89. The zero-order valence-corrected chi connectivity index (χ0v) is 18.3. The first-order chi connectivity index (χ1) is 15.5. The highest BCUT2D eigenvalue weighted by molar-refractivity contribution is 6.31. The van der Waals surface area contributed by atoms with Crippen molar-refractivity contribution in [2.45, 2.75) is 13.5 Å². The summed E-state index contributed by atoms with van der Waals surface area (Å²) in [6.07, 6.45) is 2.96. The number of hydrogen-bond acceptors (Lipinski definition) is 4. The number of hydrogen-bond donors (Lipinski definition) is 1. The molecule has 0 spiro atoms. The summed E-state index contributed by atoms with van der Waals surface area (Å²) in [5, 5.41) is 9.93. The predicted octanol–water partition coefficient (Wildman–Crippen LogP) is 5.79. The van der Waals surface area contributed by atoms with Gasteiger partial charge in [0.25, 0.3) is 0 Å². The van der Waals surface area contributed by atoms with Gasteiger partial charge in [0.05, 0.1) is 30.3 Å². The molecule has 4 rings (SSSR count). The SMILES string of the molecule is COc1ccc(COc2ccc(Cl)cc2-c2ccc(C)n2-c2cncc(C(=O)O)c2)cc1. The van der Waals surface area contributed by atoms with Gasteiger partial charge in [0.15, 0.2) is 0 Å². The summed E-state index contributed by atoms with van der Waals surface area (Å²) in [6, 6.07) is 18.6. The van der Waals surface area contributed by atoms with Crippen LogP contribution < -0.4 is 9.47 Å². The zero-order chi connectivity index (χ0) is 22.7. The Kier molecular flexibility index (Phi) is 6.14. The molecule has 32 heavy (non-hydrogen) atoms. The number of carboxylic acids is 1. The Morgan fingerprint density at radius 3 is 2.56 bits per heavy atom. The van der Waals surface area contributed by atoms with E-state index < -0.39 is 5.97 Å². The molecular formula is C25H21ClN2O4. The second-order valence-electron chi connectivity index (χ2n) is 7.21. The van der Waals surface area contributed by atoms with Gasteiger partial charge < -0.3 is 19.1 Å². The van der Waals surface area contributed by atoms with Gasteiger partial charge in [-0.3, -0.25) is 4.98 Å². The number of halogens is 1. The van der Waals surface area contributed by atoms with E-state index in [-0.39, 0.29) is 5.56 Å². The van der Waals surface area contributed by atoms with Crippen LogP contribution in [0.4, 0.5) is 0 Å². The number of carboxylic acid groups (broad SMARTS) is 1. The molecule has 0 unspecified atom stereocenters. The fraction of sp³-hybridized carbons (Fsp3) is 0.120. The van der Waals surface area contributed by atoms with Crippen LogP contribution in [0.3, 0.4) is 0 Å². The molecule has 0 saturated heterocycles. The summed E-state index contributed by atoms with van der Waals surface area (Å²) in [5.74, 6) is 0.412. The fourth-order valence-corrected chi connectivity index (χ4v) is 3.64. The molecular weight excluding hydrogens is 428 g/mol. The lowest BCUT2D eigenvalue weighted by molar-refractivity contribution is 0.0696. The highest BCUT2D eigenvalue weighted by Crippen LogP contribution is 2.36. The van der Waals surface area contributed by atoms with Crippen LogP contribution in [0.25, 0.3) is 16.9 Å². The Labute approximate surface area is 190 Å². The van der Waals surface area contributed by atoms with Gasteiger partial charge in [-0.05, 0) is 61.0 Å². The van der Waals surface area contributed by atoms with Gasteiger partial charge in [0.1, 0.15) is 18.1 Å². The largest absolute Gasteiger partial charge is 0.497 e. The lowest BCUT2D eigenvalue weighted by atomic mass is 10.1. The highest BCUT2D eigenvalue weighted by Gasteiger charge is 2.16. The molecule has 0 aliphatic rings. The number of nitrogens with zero attached hydrogens (tertiary/aromatic N) is 2. The summed E-state index contributed by atoms with van der Waals surface area (Å²) < 4.78 is 13.3. The normalized spacial score (nSPS) is 10.7. The van der Waals surface area contributed by atoms with E-state index in [0.717, 1.165) is 28.3 Å². The molecule has 0 atom stereocenters. The molecule has 1 N–H and O–H groups in total.